The van der Waals surface area contributed by atoms with Crippen molar-refractivity contribution in [3.05, 3.63) is 34.5 Å². The van der Waals surface area contributed by atoms with E-state index in [2.05, 4.69) is 15.4 Å². The van der Waals surface area contributed by atoms with Crippen LogP contribution in [0.15, 0.2) is 23.4 Å². The maximum Gasteiger partial charge on any atom is 0.293 e. The highest BCUT2D eigenvalue weighted by molar-refractivity contribution is 5.42. The Labute approximate surface area is 111 Å². The van der Waals surface area contributed by atoms with Gasteiger partial charge in [-0.1, -0.05) is 0 Å². The average Bonchev–Trinajstić information content (AvgIpc) is 2.68. The molecule has 2 aromatic heterocycles. The molecule has 0 aromatic carbocycles. The van der Waals surface area contributed by atoms with Gasteiger partial charge in [0, 0.05) is 37.6 Å². The number of nitrogens with one attached hydrogen (secondary N) is 1. The van der Waals surface area contributed by atoms with Gasteiger partial charge in [0.05, 0.1) is 6.20 Å². The van der Waals surface area contributed by atoms with Crippen molar-refractivity contribution >= 4 is 11.6 Å². The summed E-state index contributed by atoms with van der Waals surface area (Å²) in [5.74, 6) is 0.895. The van der Waals surface area contributed by atoms with E-state index in [4.69, 9.17) is 5.73 Å². The van der Waals surface area contributed by atoms with Gasteiger partial charge in [0.25, 0.3) is 5.56 Å². The topological polar surface area (TPSA) is 90.8 Å². The second-order valence-electron chi connectivity index (χ2n) is 4.61. The Morgan fingerprint density at radius 3 is 2.79 bits per heavy atom. The van der Waals surface area contributed by atoms with Gasteiger partial charge in [-0.3, -0.25) is 9.48 Å². The van der Waals surface area contributed by atoms with Crippen LogP contribution in [0.5, 0.6) is 0 Å². The number of aryl methyl sites for hydroxylation is 1. The maximum atomic E-state index is 12.1. The first kappa shape index (κ1) is 13.1. The third kappa shape index (κ3) is 2.59. The SMILES string of the molecule is CC(C)n1ccnc(NCc2cnn(C)c2N)c1=O. The lowest BCUT2D eigenvalue weighted by Gasteiger charge is -2.11. The van der Waals surface area contributed by atoms with Crippen LogP contribution in [0.1, 0.15) is 25.5 Å². The van der Waals surface area contributed by atoms with Gasteiger partial charge in [0.2, 0.25) is 0 Å². The lowest BCUT2D eigenvalue weighted by atomic mass is 10.3. The molecule has 0 unspecified atom stereocenters. The average molecular weight is 262 g/mol. The first-order chi connectivity index (χ1) is 9.00. The minimum Gasteiger partial charge on any atom is -0.384 e. The molecule has 7 nitrogen and oxygen atoms in total. The summed E-state index contributed by atoms with van der Waals surface area (Å²) in [5, 5.41) is 7.05. The van der Waals surface area contributed by atoms with Crippen LogP contribution in [0, 0.1) is 0 Å². The van der Waals surface area contributed by atoms with E-state index in [9.17, 15) is 4.79 Å². The smallest absolute Gasteiger partial charge is 0.293 e. The van der Waals surface area contributed by atoms with Crippen LogP contribution in [0.4, 0.5) is 11.6 Å². The van der Waals surface area contributed by atoms with E-state index >= 15 is 0 Å². The summed E-state index contributed by atoms with van der Waals surface area (Å²) in [6, 6.07) is 0.0968. The van der Waals surface area contributed by atoms with Crippen LogP contribution >= 0.6 is 0 Å². The Bertz CT molecular complexity index is 627. The molecule has 19 heavy (non-hydrogen) atoms. The molecule has 0 aliphatic heterocycles. The van der Waals surface area contributed by atoms with E-state index in [0.29, 0.717) is 18.2 Å². The Kier molecular flexibility index (Phi) is 3.55. The molecule has 7 heteroatoms. The molecule has 102 valence electrons. The Hall–Kier alpha value is -2.31. The molecule has 0 atom stereocenters. The molecule has 0 amide bonds. The molecule has 2 aromatic rings. The first-order valence-electron chi connectivity index (χ1n) is 6.08. The van der Waals surface area contributed by atoms with Crippen molar-refractivity contribution in [1.29, 1.82) is 0 Å². The molecular weight excluding hydrogens is 244 g/mol. The third-order valence-corrected chi connectivity index (χ3v) is 2.94. The van der Waals surface area contributed by atoms with E-state index in [1.54, 1.807) is 34.9 Å². The summed E-state index contributed by atoms with van der Waals surface area (Å²) in [6.07, 6.45) is 4.96. The number of anilines is 2. The lowest BCUT2D eigenvalue weighted by molar-refractivity contribution is 0.575. The normalized spacial score (nSPS) is 10.9. The Morgan fingerprint density at radius 2 is 2.21 bits per heavy atom. The predicted octanol–water partition coefficient (Wildman–Crippen LogP) is 0.752. The maximum absolute atomic E-state index is 12.1. The number of hydrogen-bond acceptors (Lipinski definition) is 5. The summed E-state index contributed by atoms with van der Waals surface area (Å²) < 4.78 is 3.21. The number of nitrogen functional groups attached to an aromatic ring is 1. The van der Waals surface area contributed by atoms with Gasteiger partial charge in [-0.15, -0.1) is 0 Å². The summed E-state index contributed by atoms with van der Waals surface area (Å²) >= 11 is 0. The molecule has 0 saturated heterocycles. The molecule has 0 fully saturated rings. The van der Waals surface area contributed by atoms with Crippen molar-refractivity contribution in [1.82, 2.24) is 19.3 Å². The van der Waals surface area contributed by atoms with Crippen molar-refractivity contribution in [3.8, 4) is 0 Å². The van der Waals surface area contributed by atoms with Gasteiger partial charge < -0.3 is 15.6 Å². The Morgan fingerprint density at radius 1 is 1.47 bits per heavy atom. The number of nitrogens with two attached hydrogens (primary N) is 1. The van der Waals surface area contributed by atoms with E-state index in [-0.39, 0.29) is 11.6 Å². The highest BCUT2D eigenvalue weighted by Crippen LogP contribution is 2.10. The molecule has 0 aliphatic rings. The largest absolute Gasteiger partial charge is 0.384 e. The van der Waals surface area contributed by atoms with E-state index in [1.807, 2.05) is 13.8 Å². The molecule has 0 spiro atoms. The van der Waals surface area contributed by atoms with Crippen LogP contribution < -0.4 is 16.6 Å². The molecule has 0 aliphatic carbocycles. The molecule has 2 heterocycles. The van der Waals surface area contributed by atoms with Crippen molar-refractivity contribution in [3.63, 3.8) is 0 Å². The van der Waals surface area contributed by atoms with Gasteiger partial charge in [0.15, 0.2) is 5.82 Å². The summed E-state index contributed by atoms with van der Waals surface area (Å²) in [6.45, 7) is 4.32. The van der Waals surface area contributed by atoms with Crippen molar-refractivity contribution < 1.29 is 0 Å². The number of nitrogens with zero attached hydrogens (tertiary/aromatic N) is 4. The van der Waals surface area contributed by atoms with Gasteiger partial charge in [-0.05, 0) is 13.8 Å². The zero-order valence-corrected chi connectivity index (χ0v) is 11.3. The van der Waals surface area contributed by atoms with Crippen molar-refractivity contribution in [2.24, 2.45) is 7.05 Å². The second kappa shape index (κ2) is 5.13. The fourth-order valence-corrected chi connectivity index (χ4v) is 1.76. The molecule has 3 N–H and O–H groups in total. The van der Waals surface area contributed by atoms with Crippen LogP contribution in [0.25, 0.3) is 0 Å². The summed E-state index contributed by atoms with van der Waals surface area (Å²) in [4.78, 5) is 16.2. The third-order valence-electron chi connectivity index (χ3n) is 2.94. The van der Waals surface area contributed by atoms with E-state index in [1.165, 1.54) is 0 Å². The monoisotopic (exact) mass is 262 g/mol. The van der Waals surface area contributed by atoms with Gasteiger partial charge in [0.1, 0.15) is 5.82 Å². The number of hydrogen-bond donors (Lipinski definition) is 2. The first-order valence-corrected chi connectivity index (χ1v) is 6.08. The molecule has 0 saturated carbocycles. The number of aromatic nitrogens is 4. The molecule has 2 rings (SSSR count). The summed E-state index contributed by atoms with van der Waals surface area (Å²) in [5.41, 5.74) is 6.54. The van der Waals surface area contributed by atoms with Gasteiger partial charge in [-0.2, -0.15) is 5.10 Å². The fourth-order valence-electron chi connectivity index (χ4n) is 1.76. The van der Waals surface area contributed by atoms with Crippen LogP contribution in [0.2, 0.25) is 0 Å². The summed E-state index contributed by atoms with van der Waals surface area (Å²) in [7, 11) is 1.77. The van der Waals surface area contributed by atoms with E-state index in [0.717, 1.165) is 5.56 Å². The zero-order valence-electron chi connectivity index (χ0n) is 11.3. The fraction of sp³-hybridized carbons (Fsp3) is 0.417. The van der Waals surface area contributed by atoms with Crippen molar-refractivity contribution in [2.45, 2.75) is 26.4 Å². The van der Waals surface area contributed by atoms with Gasteiger partial charge >= 0.3 is 0 Å². The lowest BCUT2D eigenvalue weighted by Crippen LogP contribution is -2.25. The van der Waals surface area contributed by atoms with Crippen LogP contribution in [-0.2, 0) is 13.6 Å². The van der Waals surface area contributed by atoms with E-state index < -0.39 is 0 Å². The standard InChI is InChI=1S/C12H18N6O/c1-8(2)18-5-4-14-11(12(18)19)15-6-9-7-16-17(3)10(9)13/h4-5,7-8H,6,13H2,1-3H3,(H,14,15). The Balaban J connectivity index is 2.19. The quantitative estimate of drug-likeness (QED) is 0.848. The van der Waals surface area contributed by atoms with Crippen LogP contribution in [-0.4, -0.2) is 19.3 Å². The van der Waals surface area contributed by atoms with Gasteiger partial charge in [-0.25, -0.2) is 4.98 Å². The molecule has 0 bridgehead atoms. The number of rotatable bonds is 4. The van der Waals surface area contributed by atoms with Crippen molar-refractivity contribution in [2.75, 3.05) is 11.1 Å². The zero-order chi connectivity index (χ0) is 14.0. The highest BCUT2D eigenvalue weighted by Gasteiger charge is 2.09. The minimum atomic E-state index is -0.139. The molecular formula is C12H18N6O. The van der Waals surface area contributed by atoms with Crippen LogP contribution in [0.3, 0.4) is 0 Å². The minimum absolute atomic E-state index is 0.0968. The second-order valence-corrected chi connectivity index (χ2v) is 4.61. The predicted molar refractivity (Wildman–Crippen MR) is 73.8 cm³/mol. The molecule has 0 radical (unpaired) electrons. The highest BCUT2D eigenvalue weighted by atomic mass is 16.1.